The molecule has 1 aromatic rings. The fourth-order valence-electron chi connectivity index (χ4n) is 1.93. The number of amides is 1. The van der Waals surface area contributed by atoms with E-state index >= 15 is 0 Å². The van der Waals surface area contributed by atoms with Crippen LogP contribution in [0.2, 0.25) is 0 Å². The highest BCUT2D eigenvalue weighted by Gasteiger charge is 2.37. The molecule has 0 atom stereocenters. The van der Waals surface area contributed by atoms with E-state index in [0.717, 1.165) is 0 Å². The summed E-state index contributed by atoms with van der Waals surface area (Å²) in [5.41, 5.74) is 0.880. The Bertz CT molecular complexity index is 470. The number of anilines is 1. The number of ketones is 1. The monoisotopic (exact) mass is 235 g/mol. The third-order valence-electron chi connectivity index (χ3n) is 2.71. The standard InChI is InChI=1S/C12H13NO4/c1-17-9-5-2-4-8-10(9)13(6-3-7-14)12(16)11(8)15/h2,4-5,14H,3,6-7H2,1H3. The summed E-state index contributed by atoms with van der Waals surface area (Å²) in [7, 11) is 1.49. The number of para-hydroxylation sites is 1. The van der Waals surface area contributed by atoms with E-state index in [9.17, 15) is 9.59 Å². The van der Waals surface area contributed by atoms with Crippen molar-refractivity contribution in [2.75, 3.05) is 25.2 Å². The Balaban J connectivity index is 2.45. The number of aliphatic hydroxyl groups excluding tert-OH is 1. The Morgan fingerprint density at radius 3 is 2.76 bits per heavy atom. The molecule has 0 saturated heterocycles. The molecule has 90 valence electrons. The van der Waals surface area contributed by atoms with Gasteiger partial charge in [0.25, 0.3) is 11.7 Å². The fourth-order valence-corrected chi connectivity index (χ4v) is 1.93. The molecule has 5 nitrogen and oxygen atoms in total. The first-order valence-corrected chi connectivity index (χ1v) is 5.34. The van der Waals surface area contributed by atoms with Gasteiger partial charge in [0.1, 0.15) is 5.75 Å². The Kier molecular flexibility index (Phi) is 3.10. The van der Waals surface area contributed by atoms with Crippen molar-refractivity contribution in [3.8, 4) is 5.75 Å². The van der Waals surface area contributed by atoms with E-state index in [0.29, 0.717) is 30.0 Å². The third kappa shape index (κ3) is 1.78. The quantitative estimate of drug-likeness (QED) is 0.776. The number of aliphatic hydroxyl groups is 1. The van der Waals surface area contributed by atoms with Crippen LogP contribution in [0.3, 0.4) is 0 Å². The van der Waals surface area contributed by atoms with Crippen LogP contribution in [0.1, 0.15) is 16.8 Å². The molecule has 1 aliphatic rings. The van der Waals surface area contributed by atoms with Crippen molar-refractivity contribution in [1.82, 2.24) is 0 Å². The van der Waals surface area contributed by atoms with Crippen LogP contribution in [0.25, 0.3) is 0 Å². The van der Waals surface area contributed by atoms with Crippen molar-refractivity contribution in [3.63, 3.8) is 0 Å². The average Bonchev–Trinajstić information content (AvgIpc) is 2.60. The van der Waals surface area contributed by atoms with Crippen molar-refractivity contribution < 1.29 is 19.4 Å². The van der Waals surface area contributed by atoms with E-state index in [1.807, 2.05) is 0 Å². The van der Waals surface area contributed by atoms with E-state index in [1.165, 1.54) is 12.0 Å². The highest BCUT2D eigenvalue weighted by Crippen LogP contribution is 2.37. The fraction of sp³-hybridized carbons (Fsp3) is 0.333. The van der Waals surface area contributed by atoms with E-state index < -0.39 is 11.7 Å². The molecule has 1 heterocycles. The Hall–Kier alpha value is -1.88. The van der Waals surface area contributed by atoms with Gasteiger partial charge in [-0.05, 0) is 18.6 Å². The number of Topliss-reactive ketones (excluding diaryl/α,β-unsaturated/α-hetero) is 1. The molecule has 5 heteroatoms. The summed E-state index contributed by atoms with van der Waals surface area (Å²) in [6.45, 7) is 0.289. The summed E-state index contributed by atoms with van der Waals surface area (Å²) >= 11 is 0. The number of ether oxygens (including phenoxy) is 1. The normalized spacial score (nSPS) is 14.1. The van der Waals surface area contributed by atoms with Gasteiger partial charge < -0.3 is 14.7 Å². The van der Waals surface area contributed by atoms with Crippen LogP contribution in [-0.4, -0.2) is 37.1 Å². The molecule has 0 unspecified atom stereocenters. The van der Waals surface area contributed by atoms with Crippen LogP contribution in [0.4, 0.5) is 5.69 Å². The van der Waals surface area contributed by atoms with Gasteiger partial charge in [0.15, 0.2) is 0 Å². The van der Waals surface area contributed by atoms with Gasteiger partial charge in [0.2, 0.25) is 0 Å². The maximum absolute atomic E-state index is 11.8. The first-order chi connectivity index (χ1) is 8.20. The van der Waals surface area contributed by atoms with Gasteiger partial charge in [0, 0.05) is 13.2 Å². The van der Waals surface area contributed by atoms with Gasteiger partial charge in [-0.2, -0.15) is 0 Å². The average molecular weight is 235 g/mol. The van der Waals surface area contributed by atoms with Crippen LogP contribution >= 0.6 is 0 Å². The smallest absolute Gasteiger partial charge is 0.299 e. The number of carbonyl (C=O) groups is 2. The Morgan fingerprint density at radius 1 is 1.35 bits per heavy atom. The molecule has 0 aliphatic carbocycles. The molecule has 1 aromatic carbocycles. The van der Waals surface area contributed by atoms with Gasteiger partial charge in [-0.25, -0.2) is 0 Å². The maximum atomic E-state index is 11.8. The molecule has 0 bridgehead atoms. The lowest BCUT2D eigenvalue weighted by Crippen LogP contribution is -2.31. The molecule has 0 spiro atoms. The van der Waals surface area contributed by atoms with Crippen LogP contribution in [0, 0.1) is 0 Å². The number of methoxy groups -OCH3 is 1. The molecule has 1 aliphatic heterocycles. The summed E-state index contributed by atoms with van der Waals surface area (Å²) < 4.78 is 5.16. The van der Waals surface area contributed by atoms with E-state index in [-0.39, 0.29) is 6.61 Å². The van der Waals surface area contributed by atoms with Crippen molar-refractivity contribution in [2.24, 2.45) is 0 Å². The molecule has 2 rings (SSSR count). The van der Waals surface area contributed by atoms with Gasteiger partial charge in [-0.3, -0.25) is 9.59 Å². The molecule has 0 saturated carbocycles. The maximum Gasteiger partial charge on any atom is 0.299 e. The van der Waals surface area contributed by atoms with Gasteiger partial charge >= 0.3 is 0 Å². The minimum atomic E-state index is -0.557. The predicted molar refractivity (Wildman–Crippen MR) is 61.4 cm³/mol. The van der Waals surface area contributed by atoms with Gasteiger partial charge in [0.05, 0.1) is 18.4 Å². The highest BCUT2D eigenvalue weighted by atomic mass is 16.5. The third-order valence-corrected chi connectivity index (χ3v) is 2.71. The van der Waals surface area contributed by atoms with E-state index in [2.05, 4.69) is 0 Å². The molecule has 17 heavy (non-hydrogen) atoms. The highest BCUT2D eigenvalue weighted by molar-refractivity contribution is 6.52. The topological polar surface area (TPSA) is 66.8 Å². The second-order valence-corrected chi connectivity index (χ2v) is 3.72. The van der Waals surface area contributed by atoms with Crippen molar-refractivity contribution >= 4 is 17.4 Å². The number of nitrogens with zero attached hydrogens (tertiary/aromatic N) is 1. The Morgan fingerprint density at radius 2 is 2.12 bits per heavy atom. The molecule has 0 radical (unpaired) electrons. The SMILES string of the molecule is COc1cccc2c1N(CCCO)C(=O)C2=O. The summed E-state index contributed by atoms with van der Waals surface area (Å²) in [4.78, 5) is 24.9. The molecule has 0 fully saturated rings. The molecule has 1 amide bonds. The molecule has 0 aromatic heterocycles. The van der Waals surface area contributed by atoms with Crippen LogP contribution in [0.15, 0.2) is 18.2 Å². The summed E-state index contributed by atoms with van der Waals surface area (Å²) in [6, 6.07) is 4.99. The lowest BCUT2D eigenvalue weighted by molar-refractivity contribution is -0.114. The summed E-state index contributed by atoms with van der Waals surface area (Å²) in [6.07, 6.45) is 0.427. The number of benzene rings is 1. The van der Waals surface area contributed by atoms with Crippen molar-refractivity contribution in [1.29, 1.82) is 0 Å². The number of carbonyl (C=O) groups excluding carboxylic acids is 2. The first-order valence-electron chi connectivity index (χ1n) is 5.34. The van der Waals surface area contributed by atoms with Gasteiger partial charge in [-0.15, -0.1) is 0 Å². The first kappa shape index (κ1) is 11.6. The number of hydrogen-bond acceptors (Lipinski definition) is 4. The second-order valence-electron chi connectivity index (χ2n) is 3.72. The van der Waals surface area contributed by atoms with E-state index in [1.54, 1.807) is 18.2 Å². The second kappa shape index (κ2) is 4.55. The van der Waals surface area contributed by atoms with Crippen molar-refractivity contribution in [3.05, 3.63) is 23.8 Å². The predicted octanol–water partition coefficient (Wildman–Crippen LogP) is 0.607. The van der Waals surface area contributed by atoms with Crippen LogP contribution < -0.4 is 9.64 Å². The summed E-state index contributed by atoms with van der Waals surface area (Å²) in [5, 5.41) is 8.80. The van der Waals surface area contributed by atoms with E-state index in [4.69, 9.17) is 9.84 Å². The Labute approximate surface area is 98.6 Å². The van der Waals surface area contributed by atoms with Gasteiger partial charge in [-0.1, -0.05) is 6.07 Å². The molecule has 1 N–H and O–H groups in total. The largest absolute Gasteiger partial charge is 0.495 e. The minimum Gasteiger partial charge on any atom is -0.495 e. The minimum absolute atomic E-state index is 0.0253. The number of rotatable bonds is 4. The zero-order chi connectivity index (χ0) is 12.4. The van der Waals surface area contributed by atoms with Crippen LogP contribution in [-0.2, 0) is 4.79 Å². The number of hydrogen-bond donors (Lipinski definition) is 1. The molecular weight excluding hydrogens is 222 g/mol. The zero-order valence-electron chi connectivity index (χ0n) is 9.47. The van der Waals surface area contributed by atoms with Crippen molar-refractivity contribution in [2.45, 2.75) is 6.42 Å². The summed E-state index contributed by atoms with van der Waals surface area (Å²) in [5.74, 6) is -0.575. The lowest BCUT2D eigenvalue weighted by Gasteiger charge is -2.18. The lowest BCUT2D eigenvalue weighted by atomic mass is 10.1. The number of fused-ring (bicyclic) bond motifs is 1. The van der Waals surface area contributed by atoms with Crippen LogP contribution in [0.5, 0.6) is 5.75 Å². The zero-order valence-corrected chi connectivity index (χ0v) is 9.47. The molecular formula is C12H13NO4.